The highest BCUT2D eigenvalue weighted by molar-refractivity contribution is 7.09. The Morgan fingerprint density at radius 2 is 2.25 bits per heavy atom. The summed E-state index contributed by atoms with van der Waals surface area (Å²) in [6.07, 6.45) is 3.58. The van der Waals surface area contributed by atoms with Gasteiger partial charge in [0.05, 0.1) is 10.7 Å². The van der Waals surface area contributed by atoms with E-state index in [1.54, 1.807) is 24.3 Å². The van der Waals surface area contributed by atoms with E-state index in [-0.39, 0.29) is 11.7 Å². The molecule has 20 heavy (non-hydrogen) atoms. The van der Waals surface area contributed by atoms with Crippen LogP contribution in [0.15, 0.2) is 35.7 Å². The molecule has 0 saturated carbocycles. The zero-order chi connectivity index (χ0) is 14.4. The van der Waals surface area contributed by atoms with Crippen LogP contribution in [0.3, 0.4) is 0 Å². The number of nitrogens with zero attached hydrogens (tertiary/aromatic N) is 1. The van der Waals surface area contributed by atoms with E-state index >= 15 is 0 Å². The Labute approximate surface area is 121 Å². The van der Waals surface area contributed by atoms with E-state index < -0.39 is 0 Å². The molecule has 0 aliphatic heterocycles. The molecule has 1 aromatic heterocycles. The van der Waals surface area contributed by atoms with Gasteiger partial charge in [0.25, 0.3) is 0 Å². The number of aryl methyl sites for hydroxylation is 1. The molecule has 0 radical (unpaired) electrons. The van der Waals surface area contributed by atoms with Crippen LogP contribution in [0.4, 0.5) is 4.39 Å². The van der Waals surface area contributed by atoms with Crippen molar-refractivity contribution >= 4 is 23.3 Å². The molecule has 0 aliphatic rings. The van der Waals surface area contributed by atoms with Gasteiger partial charge in [-0.1, -0.05) is 18.2 Å². The van der Waals surface area contributed by atoms with Crippen molar-refractivity contribution in [3.8, 4) is 0 Å². The first-order valence-corrected chi connectivity index (χ1v) is 7.14. The molecule has 104 valence electrons. The van der Waals surface area contributed by atoms with Gasteiger partial charge in [-0.3, -0.25) is 4.79 Å². The Hall–Kier alpha value is -2.01. The second-order valence-electron chi connectivity index (χ2n) is 4.26. The molecular weight excluding hydrogens is 275 g/mol. The van der Waals surface area contributed by atoms with Crippen LogP contribution >= 0.6 is 11.3 Å². The summed E-state index contributed by atoms with van der Waals surface area (Å²) in [5, 5.41) is 5.57. The number of carbonyl (C=O) groups excluding carboxylic acids is 1. The third-order valence-electron chi connectivity index (χ3n) is 2.69. The zero-order valence-electron chi connectivity index (χ0n) is 11.1. The first-order chi connectivity index (χ1) is 9.65. The van der Waals surface area contributed by atoms with E-state index in [1.807, 2.05) is 12.3 Å². The maximum absolute atomic E-state index is 13.4. The van der Waals surface area contributed by atoms with Gasteiger partial charge in [0.1, 0.15) is 5.82 Å². The highest BCUT2D eigenvalue weighted by Crippen LogP contribution is 2.09. The lowest BCUT2D eigenvalue weighted by Crippen LogP contribution is -2.23. The molecule has 0 aliphatic carbocycles. The van der Waals surface area contributed by atoms with Gasteiger partial charge in [-0.25, -0.2) is 9.37 Å². The Bertz CT molecular complexity index is 622. The fourth-order valence-corrected chi connectivity index (χ4v) is 2.28. The maximum atomic E-state index is 13.4. The number of hydrogen-bond donors (Lipinski definition) is 1. The Kier molecular flexibility index (Phi) is 5.01. The van der Waals surface area contributed by atoms with Crippen LogP contribution in [0.1, 0.15) is 16.3 Å². The van der Waals surface area contributed by atoms with Crippen LogP contribution in [-0.2, 0) is 11.2 Å². The molecule has 0 atom stereocenters. The van der Waals surface area contributed by atoms with Crippen LogP contribution < -0.4 is 5.32 Å². The first kappa shape index (κ1) is 14.4. The molecule has 1 amide bonds. The number of amides is 1. The Morgan fingerprint density at radius 3 is 2.95 bits per heavy atom. The molecule has 3 nitrogen and oxygen atoms in total. The summed E-state index contributed by atoms with van der Waals surface area (Å²) >= 11 is 1.54. The standard InChI is InChI=1S/C15H15FN2OS/c1-11-18-13(10-20-11)6-7-15(19)17-9-8-12-4-2-3-5-14(12)16/h2-7,10H,8-9H2,1H3,(H,17,19)/b7-6+. The monoisotopic (exact) mass is 290 g/mol. The maximum Gasteiger partial charge on any atom is 0.244 e. The van der Waals surface area contributed by atoms with Crippen molar-refractivity contribution in [1.29, 1.82) is 0 Å². The van der Waals surface area contributed by atoms with Crippen LogP contribution in [0.2, 0.25) is 0 Å². The van der Waals surface area contributed by atoms with Crippen molar-refractivity contribution < 1.29 is 9.18 Å². The van der Waals surface area contributed by atoms with Gasteiger partial charge in [0.2, 0.25) is 5.91 Å². The van der Waals surface area contributed by atoms with E-state index in [9.17, 15) is 9.18 Å². The average molecular weight is 290 g/mol. The number of hydrogen-bond acceptors (Lipinski definition) is 3. The molecule has 5 heteroatoms. The SMILES string of the molecule is Cc1nc(/C=C/C(=O)NCCc2ccccc2F)cs1. The predicted molar refractivity (Wildman–Crippen MR) is 79.0 cm³/mol. The number of carbonyl (C=O) groups is 1. The van der Waals surface area contributed by atoms with E-state index in [2.05, 4.69) is 10.3 Å². The predicted octanol–water partition coefficient (Wildman–Crippen LogP) is 2.96. The number of benzene rings is 1. The lowest BCUT2D eigenvalue weighted by Gasteiger charge is -2.03. The van der Waals surface area contributed by atoms with Crippen LogP contribution in [0.25, 0.3) is 6.08 Å². The van der Waals surface area contributed by atoms with Gasteiger partial charge in [0, 0.05) is 18.0 Å². The van der Waals surface area contributed by atoms with Gasteiger partial charge in [-0.15, -0.1) is 11.3 Å². The van der Waals surface area contributed by atoms with Crippen LogP contribution in [-0.4, -0.2) is 17.4 Å². The number of aromatic nitrogens is 1. The molecule has 2 aromatic rings. The van der Waals surface area contributed by atoms with Crippen molar-refractivity contribution in [3.05, 3.63) is 57.8 Å². The Morgan fingerprint density at radius 1 is 1.45 bits per heavy atom. The fourth-order valence-electron chi connectivity index (χ4n) is 1.70. The molecule has 0 unspecified atom stereocenters. The largest absolute Gasteiger partial charge is 0.352 e. The summed E-state index contributed by atoms with van der Waals surface area (Å²) in [4.78, 5) is 15.8. The lowest BCUT2D eigenvalue weighted by molar-refractivity contribution is -0.116. The van der Waals surface area contributed by atoms with E-state index in [1.165, 1.54) is 23.5 Å². The number of nitrogens with one attached hydrogen (secondary N) is 1. The average Bonchev–Trinajstić information content (AvgIpc) is 2.84. The van der Waals surface area contributed by atoms with Gasteiger partial charge in [-0.2, -0.15) is 0 Å². The van der Waals surface area contributed by atoms with E-state index in [0.29, 0.717) is 18.5 Å². The van der Waals surface area contributed by atoms with Crippen LogP contribution in [0, 0.1) is 12.7 Å². The summed E-state index contributed by atoms with van der Waals surface area (Å²) in [5.41, 5.74) is 1.38. The quantitative estimate of drug-likeness (QED) is 0.860. The second kappa shape index (κ2) is 6.96. The molecule has 0 spiro atoms. The topological polar surface area (TPSA) is 42.0 Å². The molecule has 0 fully saturated rings. The minimum absolute atomic E-state index is 0.202. The minimum Gasteiger partial charge on any atom is -0.352 e. The molecule has 1 N–H and O–H groups in total. The van der Waals surface area contributed by atoms with Gasteiger partial charge >= 0.3 is 0 Å². The highest BCUT2D eigenvalue weighted by Gasteiger charge is 2.01. The lowest BCUT2D eigenvalue weighted by atomic mass is 10.1. The molecule has 2 rings (SSSR count). The van der Waals surface area contributed by atoms with Crippen molar-refractivity contribution in [3.63, 3.8) is 0 Å². The van der Waals surface area contributed by atoms with Crippen molar-refractivity contribution in [1.82, 2.24) is 10.3 Å². The molecule has 0 bridgehead atoms. The van der Waals surface area contributed by atoms with Gasteiger partial charge in [0.15, 0.2) is 0 Å². The smallest absolute Gasteiger partial charge is 0.244 e. The summed E-state index contributed by atoms with van der Waals surface area (Å²) in [7, 11) is 0. The van der Waals surface area contributed by atoms with Gasteiger partial charge < -0.3 is 5.32 Å². The number of rotatable bonds is 5. The molecular formula is C15H15FN2OS. The van der Waals surface area contributed by atoms with E-state index in [4.69, 9.17) is 0 Å². The second-order valence-corrected chi connectivity index (χ2v) is 5.32. The normalized spacial score (nSPS) is 10.9. The first-order valence-electron chi connectivity index (χ1n) is 6.26. The number of halogens is 1. The van der Waals surface area contributed by atoms with Crippen molar-refractivity contribution in [2.45, 2.75) is 13.3 Å². The van der Waals surface area contributed by atoms with E-state index in [0.717, 1.165) is 10.7 Å². The minimum atomic E-state index is -0.241. The molecule has 1 heterocycles. The third-order valence-corrected chi connectivity index (χ3v) is 3.49. The summed E-state index contributed by atoms with van der Waals surface area (Å²) in [5.74, 6) is -0.442. The molecule has 1 aromatic carbocycles. The summed E-state index contributed by atoms with van der Waals surface area (Å²) in [6, 6.07) is 6.57. The highest BCUT2D eigenvalue weighted by atomic mass is 32.1. The van der Waals surface area contributed by atoms with Gasteiger partial charge in [-0.05, 0) is 31.1 Å². The van der Waals surface area contributed by atoms with Crippen LogP contribution in [0.5, 0.6) is 0 Å². The molecule has 0 saturated heterocycles. The summed E-state index contributed by atoms with van der Waals surface area (Å²) in [6.45, 7) is 2.32. The number of thiazole rings is 1. The zero-order valence-corrected chi connectivity index (χ0v) is 11.9. The van der Waals surface area contributed by atoms with Crippen molar-refractivity contribution in [2.24, 2.45) is 0 Å². The summed E-state index contributed by atoms with van der Waals surface area (Å²) < 4.78 is 13.4. The van der Waals surface area contributed by atoms with Crippen molar-refractivity contribution in [2.75, 3.05) is 6.54 Å². The fraction of sp³-hybridized carbons (Fsp3) is 0.200. The third kappa shape index (κ3) is 4.28. The Balaban J connectivity index is 1.78.